The number of nitrogens with zero attached hydrogens (tertiary/aromatic N) is 1. The van der Waals surface area contributed by atoms with Crippen molar-refractivity contribution in [3.8, 4) is 0 Å². The maximum absolute atomic E-state index is 13.2. The normalized spacial score (nSPS) is 13.6. The summed E-state index contributed by atoms with van der Waals surface area (Å²) in [6.07, 6.45) is 1.44. The van der Waals surface area contributed by atoms with E-state index in [-0.39, 0.29) is 10.8 Å². The minimum atomic E-state index is -3.65. The van der Waals surface area contributed by atoms with Crippen LogP contribution in [0.3, 0.4) is 0 Å². The molecule has 0 spiro atoms. The third-order valence-electron chi connectivity index (χ3n) is 5.67. The molecule has 5 nitrogen and oxygen atoms in total. The predicted octanol–water partition coefficient (Wildman–Crippen LogP) is 5.01. The summed E-state index contributed by atoms with van der Waals surface area (Å²) in [6.45, 7) is 6.29. The number of amides is 1. The topological polar surface area (TPSA) is 66.5 Å². The first-order valence-corrected chi connectivity index (χ1v) is 11.8. The van der Waals surface area contributed by atoms with E-state index in [4.69, 9.17) is 0 Å². The number of carbonyl (C=O) groups excluding carboxylic acids is 1. The molecule has 3 aromatic rings. The molecule has 1 heterocycles. The molecule has 3 aromatic carbocycles. The van der Waals surface area contributed by atoms with Crippen LogP contribution in [0.1, 0.15) is 39.0 Å². The molecule has 1 aliphatic heterocycles. The van der Waals surface area contributed by atoms with E-state index in [1.54, 1.807) is 36.4 Å². The van der Waals surface area contributed by atoms with Gasteiger partial charge in [-0.1, -0.05) is 29.8 Å². The van der Waals surface area contributed by atoms with E-state index in [1.807, 2.05) is 45.0 Å². The van der Waals surface area contributed by atoms with Crippen LogP contribution in [-0.2, 0) is 16.4 Å². The van der Waals surface area contributed by atoms with Crippen LogP contribution in [0.4, 0.5) is 11.4 Å². The third kappa shape index (κ3) is 4.21. The van der Waals surface area contributed by atoms with E-state index in [9.17, 15) is 13.2 Å². The molecule has 0 saturated carbocycles. The van der Waals surface area contributed by atoms with Crippen molar-refractivity contribution in [3.63, 3.8) is 0 Å². The van der Waals surface area contributed by atoms with Gasteiger partial charge in [-0.3, -0.25) is 9.10 Å². The summed E-state index contributed by atoms with van der Waals surface area (Å²) in [5.41, 5.74) is 5.90. The Morgan fingerprint density at radius 3 is 2.35 bits per heavy atom. The average molecular weight is 435 g/mol. The van der Waals surface area contributed by atoms with Gasteiger partial charge in [0.2, 0.25) is 0 Å². The number of anilines is 2. The van der Waals surface area contributed by atoms with Crippen LogP contribution in [0.25, 0.3) is 0 Å². The van der Waals surface area contributed by atoms with Crippen molar-refractivity contribution < 1.29 is 13.2 Å². The van der Waals surface area contributed by atoms with Gasteiger partial charge in [0.1, 0.15) is 0 Å². The summed E-state index contributed by atoms with van der Waals surface area (Å²) in [5.74, 6) is -0.199. The van der Waals surface area contributed by atoms with Crippen molar-refractivity contribution in [2.45, 2.75) is 38.5 Å². The van der Waals surface area contributed by atoms with Crippen molar-refractivity contribution in [2.75, 3.05) is 16.2 Å². The van der Waals surface area contributed by atoms with Crippen LogP contribution < -0.4 is 9.62 Å². The number of rotatable bonds is 4. The lowest BCUT2D eigenvalue weighted by Gasteiger charge is -2.30. The fourth-order valence-corrected chi connectivity index (χ4v) is 5.40. The molecule has 1 N–H and O–H groups in total. The molecular formula is C25H26N2O3S. The number of aryl methyl sites for hydroxylation is 4. The average Bonchev–Trinajstić information content (AvgIpc) is 2.75. The first-order chi connectivity index (χ1) is 14.8. The molecular weight excluding hydrogens is 408 g/mol. The van der Waals surface area contributed by atoms with Crippen molar-refractivity contribution in [1.82, 2.24) is 0 Å². The third-order valence-corrected chi connectivity index (χ3v) is 7.50. The molecule has 0 atom stereocenters. The predicted molar refractivity (Wildman–Crippen MR) is 124 cm³/mol. The molecule has 6 heteroatoms. The fourth-order valence-electron chi connectivity index (χ4n) is 3.86. The van der Waals surface area contributed by atoms with Gasteiger partial charge in [-0.15, -0.1) is 0 Å². The second-order valence-corrected chi connectivity index (χ2v) is 9.97. The molecule has 0 bridgehead atoms. The molecule has 4 rings (SSSR count). The molecule has 0 aromatic heterocycles. The number of carbonyl (C=O) groups is 1. The summed E-state index contributed by atoms with van der Waals surface area (Å²) in [6, 6.07) is 18.1. The molecule has 0 fully saturated rings. The Morgan fingerprint density at radius 2 is 1.61 bits per heavy atom. The minimum absolute atomic E-state index is 0.199. The van der Waals surface area contributed by atoms with Gasteiger partial charge in [0.15, 0.2) is 0 Å². The van der Waals surface area contributed by atoms with E-state index in [2.05, 4.69) is 5.32 Å². The standard InChI is InChI=1S/C25H26N2O3S/c1-17-7-11-22(12-8-17)31(29,30)27-14-4-5-20-16-21(10-13-24(20)27)25(28)26-23-15-18(2)6-9-19(23)3/h6-13,15-16H,4-5,14H2,1-3H3,(H,26,28). The van der Waals surface area contributed by atoms with E-state index in [0.29, 0.717) is 24.2 Å². The Hall–Kier alpha value is -3.12. The molecule has 1 aliphatic rings. The molecule has 0 unspecified atom stereocenters. The summed E-state index contributed by atoms with van der Waals surface area (Å²) < 4.78 is 27.9. The number of nitrogens with one attached hydrogen (secondary N) is 1. The SMILES string of the molecule is Cc1ccc(S(=O)(=O)N2CCCc3cc(C(=O)Nc4cc(C)ccc4C)ccc32)cc1. The Kier molecular flexibility index (Phi) is 5.58. The first-order valence-electron chi connectivity index (χ1n) is 10.4. The molecule has 0 aliphatic carbocycles. The minimum Gasteiger partial charge on any atom is -0.322 e. The second-order valence-electron chi connectivity index (χ2n) is 8.11. The number of sulfonamides is 1. The van der Waals surface area contributed by atoms with Gasteiger partial charge < -0.3 is 5.32 Å². The summed E-state index contributed by atoms with van der Waals surface area (Å²) in [5, 5.41) is 2.98. The van der Waals surface area contributed by atoms with Crippen molar-refractivity contribution in [2.24, 2.45) is 0 Å². The van der Waals surface area contributed by atoms with Crippen LogP contribution in [0, 0.1) is 20.8 Å². The van der Waals surface area contributed by atoms with Crippen LogP contribution >= 0.6 is 0 Å². The van der Waals surface area contributed by atoms with Gasteiger partial charge in [0.05, 0.1) is 10.6 Å². The van der Waals surface area contributed by atoms with E-state index in [0.717, 1.165) is 34.4 Å². The molecule has 1 amide bonds. The zero-order chi connectivity index (χ0) is 22.2. The number of fused-ring (bicyclic) bond motifs is 1. The highest BCUT2D eigenvalue weighted by molar-refractivity contribution is 7.92. The van der Waals surface area contributed by atoms with Crippen LogP contribution in [-0.4, -0.2) is 20.9 Å². The largest absolute Gasteiger partial charge is 0.322 e. The van der Waals surface area contributed by atoms with Gasteiger partial charge in [0.25, 0.3) is 15.9 Å². The molecule has 31 heavy (non-hydrogen) atoms. The summed E-state index contributed by atoms with van der Waals surface area (Å²) in [4.78, 5) is 13.1. The van der Waals surface area contributed by atoms with Crippen LogP contribution in [0.15, 0.2) is 65.6 Å². The molecule has 0 radical (unpaired) electrons. The molecule has 160 valence electrons. The highest BCUT2D eigenvalue weighted by Gasteiger charge is 2.29. The van der Waals surface area contributed by atoms with E-state index < -0.39 is 10.0 Å². The fraction of sp³-hybridized carbons (Fsp3) is 0.240. The van der Waals surface area contributed by atoms with Gasteiger partial charge in [-0.05, 0) is 86.7 Å². The Labute approximate surface area is 183 Å². The van der Waals surface area contributed by atoms with Gasteiger partial charge >= 0.3 is 0 Å². The maximum Gasteiger partial charge on any atom is 0.264 e. The summed E-state index contributed by atoms with van der Waals surface area (Å²) >= 11 is 0. The van der Waals surface area contributed by atoms with Crippen LogP contribution in [0.2, 0.25) is 0 Å². The zero-order valence-electron chi connectivity index (χ0n) is 18.0. The Balaban J connectivity index is 1.63. The van der Waals surface area contributed by atoms with Crippen molar-refractivity contribution >= 4 is 27.3 Å². The number of hydrogen-bond acceptors (Lipinski definition) is 3. The Bertz CT molecular complexity index is 1250. The lowest BCUT2D eigenvalue weighted by Crippen LogP contribution is -2.35. The lowest BCUT2D eigenvalue weighted by atomic mass is 10.0. The second kappa shape index (κ2) is 8.19. The van der Waals surface area contributed by atoms with E-state index >= 15 is 0 Å². The van der Waals surface area contributed by atoms with Gasteiger partial charge in [-0.2, -0.15) is 0 Å². The highest BCUT2D eigenvalue weighted by atomic mass is 32.2. The van der Waals surface area contributed by atoms with Crippen molar-refractivity contribution in [1.29, 1.82) is 0 Å². The lowest BCUT2D eigenvalue weighted by molar-refractivity contribution is 0.102. The van der Waals surface area contributed by atoms with Gasteiger partial charge in [-0.25, -0.2) is 8.42 Å². The smallest absolute Gasteiger partial charge is 0.264 e. The molecule has 0 saturated heterocycles. The van der Waals surface area contributed by atoms with E-state index in [1.165, 1.54) is 4.31 Å². The van der Waals surface area contributed by atoms with Crippen LogP contribution in [0.5, 0.6) is 0 Å². The quantitative estimate of drug-likeness (QED) is 0.628. The van der Waals surface area contributed by atoms with Gasteiger partial charge in [0, 0.05) is 17.8 Å². The number of hydrogen-bond donors (Lipinski definition) is 1. The monoisotopic (exact) mass is 434 g/mol. The Morgan fingerprint density at radius 1 is 0.903 bits per heavy atom. The summed E-state index contributed by atoms with van der Waals surface area (Å²) in [7, 11) is -3.65. The number of benzene rings is 3. The highest BCUT2D eigenvalue weighted by Crippen LogP contribution is 2.33. The first kappa shape index (κ1) is 21.1. The van der Waals surface area contributed by atoms with Crippen molar-refractivity contribution in [3.05, 3.63) is 88.5 Å². The zero-order valence-corrected chi connectivity index (χ0v) is 18.8. The maximum atomic E-state index is 13.2.